The highest BCUT2D eigenvalue weighted by Crippen LogP contribution is 2.39. The molecule has 0 spiro atoms. The fraction of sp³-hybridized carbons (Fsp3) is 0.316. The molecule has 130 valence electrons. The van der Waals surface area contributed by atoms with E-state index in [0.717, 1.165) is 56.9 Å². The summed E-state index contributed by atoms with van der Waals surface area (Å²) in [4.78, 5) is 7.16. The zero-order valence-corrected chi connectivity index (χ0v) is 16.0. The van der Waals surface area contributed by atoms with Crippen molar-refractivity contribution in [2.24, 2.45) is 0 Å². The summed E-state index contributed by atoms with van der Waals surface area (Å²) in [6.45, 7) is 3.82. The highest BCUT2D eigenvalue weighted by Gasteiger charge is 2.22. The molecule has 0 fully saturated rings. The van der Waals surface area contributed by atoms with Gasteiger partial charge in [0.25, 0.3) is 0 Å². The van der Waals surface area contributed by atoms with E-state index in [1.54, 1.807) is 25.6 Å². The number of methoxy groups -OCH3 is 2. The van der Waals surface area contributed by atoms with Crippen molar-refractivity contribution in [3.05, 3.63) is 46.0 Å². The predicted molar refractivity (Wildman–Crippen MR) is 104 cm³/mol. The summed E-state index contributed by atoms with van der Waals surface area (Å²) in [6.07, 6.45) is 0.957. The molecule has 2 aromatic carbocycles. The van der Waals surface area contributed by atoms with Crippen LogP contribution in [0.4, 0.5) is 5.13 Å². The summed E-state index contributed by atoms with van der Waals surface area (Å²) in [5.74, 6) is 1.56. The van der Waals surface area contributed by atoms with E-state index in [4.69, 9.17) is 26.1 Å². The van der Waals surface area contributed by atoms with E-state index in [0.29, 0.717) is 0 Å². The minimum absolute atomic E-state index is 0.770. The van der Waals surface area contributed by atoms with Crippen molar-refractivity contribution in [2.75, 3.05) is 25.7 Å². The smallest absolute Gasteiger partial charge is 0.186 e. The zero-order chi connectivity index (χ0) is 17.6. The Kier molecular flexibility index (Phi) is 4.21. The van der Waals surface area contributed by atoms with Gasteiger partial charge in [0.15, 0.2) is 16.6 Å². The van der Waals surface area contributed by atoms with E-state index < -0.39 is 0 Å². The average Bonchev–Trinajstić information content (AvgIpc) is 3.10. The summed E-state index contributed by atoms with van der Waals surface area (Å²) >= 11 is 8.02. The second kappa shape index (κ2) is 6.39. The Bertz CT molecular complexity index is 915. The Morgan fingerprint density at radius 2 is 1.84 bits per heavy atom. The van der Waals surface area contributed by atoms with Crippen LogP contribution in [0.1, 0.15) is 16.7 Å². The third-order valence-corrected chi connectivity index (χ3v) is 6.25. The molecular weight excluding hydrogens is 356 g/mol. The van der Waals surface area contributed by atoms with Crippen molar-refractivity contribution >= 4 is 38.3 Å². The van der Waals surface area contributed by atoms with Gasteiger partial charge in [-0.05, 0) is 48.2 Å². The normalized spacial score (nSPS) is 13.8. The number of rotatable bonds is 3. The molecular formula is C19H19ClN2O2S. The van der Waals surface area contributed by atoms with Crippen LogP contribution < -0.4 is 14.4 Å². The second-order valence-electron chi connectivity index (χ2n) is 6.19. The molecule has 2 heterocycles. The molecule has 0 amide bonds. The summed E-state index contributed by atoms with van der Waals surface area (Å²) in [7, 11) is 3.34. The fourth-order valence-electron chi connectivity index (χ4n) is 3.27. The van der Waals surface area contributed by atoms with Gasteiger partial charge in [-0.2, -0.15) is 0 Å². The molecule has 0 N–H and O–H groups in total. The van der Waals surface area contributed by atoms with E-state index in [1.807, 2.05) is 12.1 Å². The van der Waals surface area contributed by atoms with Gasteiger partial charge < -0.3 is 14.4 Å². The number of hydrogen-bond donors (Lipinski definition) is 0. The monoisotopic (exact) mass is 374 g/mol. The number of nitrogens with zero attached hydrogens (tertiary/aromatic N) is 2. The number of thiazole rings is 1. The number of aromatic nitrogens is 1. The van der Waals surface area contributed by atoms with E-state index >= 15 is 0 Å². The summed E-state index contributed by atoms with van der Waals surface area (Å²) < 4.78 is 11.9. The molecule has 0 radical (unpaired) electrons. The van der Waals surface area contributed by atoms with E-state index in [9.17, 15) is 0 Å². The predicted octanol–water partition coefficient (Wildman–Crippen LogP) is 4.84. The molecule has 4 rings (SSSR count). The van der Waals surface area contributed by atoms with Crippen LogP contribution in [0.15, 0.2) is 24.3 Å². The average molecular weight is 375 g/mol. The molecule has 1 aliphatic rings. The van der Waals surface area contributed by atoms with Crippen molar-refractivity contribution in [2.45, 2.75) is 19.9 Å². The van der Waals surface area contributed by atoms with Crippen LogP contribution in [-0.4, -0.2) is 25.7 Å². The third-order valence-electron chi connectivity index (χ3n) is 4.67. The Hall–Kier alpha value is -1.98. The van der Waals surface area contributed by atoms with Gasteiger partial charge in [0.2, 0.25) is 0 Å². The van der Waals surface area contributed by atoms with Crippen molar-refractivity contribution in [1.29, 1.82) is 0 Å². The maximum Gasteiger partial charge on any atom is 0.186 e. The highest BCUT2D eigenvalue weighted by atomic mass is 35.5. The first kappa shape index (κ1) is 16.5. The Labute approximate surface area is 156 Å². The number of hydrogen-bond acceptors (Lipinski definition) is 5. The van der Waals surface area contributed by atoms with E-state index in [1.165, 1.54) is 11.1 Å². The molecule has 25 heavy (non-hydrogen) atoms. The number of ether oxygens (including phenoxy) is 2. The van der Waals surface area contributed by atoms with E-state index in [2.05, 4.69) is 24.0 Å². The number of anilines is 1. The standard InChI is InChI=1S/C19H19ClN2O2S/c1-11-4-5-14(20)18-17(11)21-19(25-18)22-7-6-12-8-15(23-2)16(24-3)9-13(12)10-22/h4-5,8-9H,6-7,10H2,1-3H3. The quantitative estimate of drug-likeness (QED) is 0.657. The topological polar surface area (TPSA) is 34.6 Å². The summed E-state index contributed by atoms with van der Waals surface area (Å²) in [5, 5.41) is 1.79. The van der Waals surface area contributed by atoms with Gasteiger partial charge in [0, 0.05) is 13.1 Å². The van der Waals surface area contributed by atoms with Crippen molar-refractivity contribution in [1.82, 2.24) is 4.98 Å². The maximum absolute atomic E-state index is 6.36. The van der Waals surface area contributed by atoms with Crippen molar-refractivity contribution < 1.29 is 9.47 Å². The van der Waals surface area contributed by atoms with Gasteiger partial charge in [-0.3, -0.25) is 0 Å². The van der Waals surface area contributed by atoms with Gasteiger partial charge in [0.1, 0.15) is 0 Å². The molecule has 0 atom stereocenters. The number of halogens is 1. The van der Waals surface area contributed by atoms with Crippen LogP contribution in [0.5, 0.6) is 11.5 Å². The van der Waals surface area contributed by atoms with Gasteiger partial charge in [-0.15, -0.1) is 0 Å². The van der Waals surface area contributed by atoms with E-state index in [-0.39, 0.29) is 0 Å². The third kappa shape index (κ3) is 2.81. The SMILES string of the molecule is COc1cc2c(cc1OC)CN(c1nc3c(C)ccc(Cl)c3s1)CC2. The molecule has 0 aliphatic carbocycles. The fourth-order valence-corrected chi connectivity index (χ4v) is 4.61. The Morgan fingerprint density at radius 1 is 1.12 bits per heavy atom. The largest absolute Gasteiger partial charge is 0.493 e. The Morgan fingerprint density at radius 3 is 2.52 bits per heavy atom. The number of fused-ring (bicyclic) bond motifs is 2. The summed E-state index contributed by atoms with van der Waals surface area (Å²) in [6, 6.07) is 8.14. The van der Waals surface area contributed by atoms with Gasteiger partial charge in [0.05, 0.1) is 29.5 Å². The lowest BCUT2D eigenvalue weighted by atomic mass is 9.99. The molecule has 0 bridgehead atoms. The van der Waals surface area contributed by atoms with Crippen LogP contribution in [0.25, 0.3) is 10.2 Å². The lowest BCUT2D eigenvalue weighted by molar-refractivity contribution is 0.353. The van der Waals surface area contributed by atoms with Crippen LogP contribution in [0.2, 0.25) is 5.02 Å². The minimum atomic E-state index is 0.770. The number of aryl methyl sites for hydroxylation is 1. The molecule has 0 unspecified atom stereocenters. The van der Waals surface area contributed by atoms with Crippen LogP contribution in [0, 0.1) is 6.92 Å². The van der Waals surface area contributed by atoms with Crippen molar-refractivity contribution in [3.8, 4) is 11.5 Å². The minimum Gasteiger partial charge on any atom is -0.493 e. The van der Waals surface area contributed by atoms with Crippen LogP contribution in [-0.2, 0) is 13.0 Å². The molecule has 0 saturated carbocycles. The first-order chi connectivity index (χ1) is 12.1. The van der Waals surface area contributed by atoms with Gasteiger partial charge in [-0.1, -0.05) is 29.0 Å². The zero-order valence-electron chi connectivity index (χ0n) is 14.4. The van der Waals surface area contributed by atoms with Crippen LogP contribution in [0.3, 0.4) is 0 Å². The number of benzene rings is 2. The second-order valence-corrected chi connectivity index (χ2v) is 7.57. The van der Waals surface area contributed by atoms with Crippen molar-refractivity contribution in [3.63, 3.8) is 0 Å². The first-order valence-electron chi connectivity index (χ1n) is 8.15. The Balaban J connectivity index is 1.71. The molecule has 1 aromatic heterocycles. The molecule has 0 saturated heterocycles. The first-order valence-corrected chi connectivity index (χ1v) is 9.34. The summed E-state index contributed by atoms with van der Waals surface area (Å²) in [5.41, 5.74) is 4.73. The molecule has 1 aliphatic heterocycles. The highest BCUT2D eigenvalue weighted by molar-refractivity contribution is 7.22. The van der Waals surface area contributed by atoms with Gasteiger partial charge in [-0.25, -0.2) is 4.98 Å². The lowest BCUT2D eigenvalue weighted by Crippen LogP contribution is -2.30. The molecule has 3 aromatic rings. The molecule has 4 nitrogen and oxygen atoms in total. The maximum atomic E-state index is 6.36. The van der Waals surface area contributed by atoms with Gasteiger partial charge >= 0.3 is 0 Å². The lowest BCUT2D eigenvalue weighted by Gasteiger charge is -2.29. The van der Waals surface area contributed by atoms with Crippen LogP contribution >= 0.6 is 22.9 Å². The molecule has 6 heteroatoms.